The maximum absolute atomic E-state index is 8.37. The maximum atomic E-state index is 8.37. The number of hydrogen-bond acceptors (Lipinski definition) is 3. The van der Waals surface area contributed by atoms with Gasteiger partial charge in [-0.2, -0.15) is 5.26 Å². The Morgan fingerprint density at radius 2 is 2.38 bits per heavy atom. The van der Waals surface area contributed by atoms with Crippen LogP contribution in [-0.4, -0.2) is 19.1 Å². The predicted octanol–water partition coefficient (Wildman–Crippen LogP) is -0.943. The van der Waals surface area contributed by atoms with Crippen molar-refractivity contribution in [2.45, 2.75) is 6.04 Å². The van der Waals surface area contributed by atoms with Crippen LogP contribution in [0.2, 0.25) is 0 Å². The molecule has 0 spiro atoms. The maximum Gasteiger partial charge on any atom is 0.0751 e. The normalized spacial score (nSPS) is 37.0. The van der Waals surface area contributed by atoms with Crippen LogP contribution in [0.3, 0.4) is 0 Å². The number of nitriles is 1. The van der Waals surface area contributed by atoms with Crippen LogP contribution in [0.5, 0.6) is 0 Å². The van der Waals surface area contributed by atoms with E-state index in [1.165, 1.54) is 0 Å². The van der Waals surface area contributed by atoms with E-state index in [4.69, 9.17) is 11.0 Å². The number of nitrogens with one attached hydrogen (secondary N) is 1. The fraction of sp³-hybridized carbons (Fsp3) is 0.800. The Hall–Kier alpha value is -0.590. The molecule has 0 aromatic carbocycles. The third-order valence-corrected chi connectivity index (χ3v) is 1.43. The SMILES string of the molecule is N#C[C@H]1CNC[C@H]1N. The van der Waals surface area contributed by atoms with Gasteiger partial charge >= 0.3 is 0 Å². The molecular weight excluding hydrogens is 102 g/mol. The van der Waals surface area contributed by atoms with Crippen molar-refractivity contribution in [2.24, 2.45) is 11.7 Å². The van der Waals surface area contributed by atoms with Gasteiger partial charge in [0.1, 0.15) is 0 Å². The van der Waals surface area contributed by atoms with Gasteiger partial charge in [-0.3, -0.25) is 0 Å². The van der Waals surface area contributed by atoms with Crippen molar-refractivity contribution in [3.63, 3.8) is 0 Å². The van der Waals surface area contributed by atoms with Crippen LogP contribution in [0.15, 0.2) is 0 Å². The molecule has 3 heteroatoms. The van der Waals surface area contributed by atoms with Crippen molar-refractivity contribution < 1.29 is 0 Å². The first kappa shape index (κ1) is 5.54. The van der Waals surface area contributed by atoms with Crippen LogP contribution in [0.1, 0.15) is 0 Å². The van der Waals surface area contributed by atoms with E-state index in [0.717, 1.165) is 13.1 Å². The molecule has 3 N–H and O–H groups in total. The number of rotatable bonds is 0. The van der Waals surface area contributed by atoms with Gasteiger partial charge in [-0.05, 0) is 0 Å². The molecule has 44 valence electrons. The zero-order valence-electron chi connectivity index (χ0n) is 4.59. The molecule has 1 saturated heterocycles. The first-order chi connectivity index (χ1) is 3.84. The van der Waals surface area contributed by atoms with Gasteiger partial charge in [-0.25, -0.2) is 0 Å². The lowest BCUT2D eigenvalue weighted by Gasteiger charge is -2.00. The van der Waals surface area contributed by atoms with Gasteiger partial charge < -0.3 is 11.1 Å². The molecule has 0 amide bonds. The fourth-order valence-electron chi connectivity index (χ4n) is 0.841. The summed E-state index contributed by atoms with van der Waals surface area (Å²) in [6.45, 7) is 1.55. The zero-order valence-corrected chi connectivity index (χ0v) is 4.59. The Balaban J connectivity index is 2.45. The monoisotopic (exact) mass is 111 g/mol. The molecule has 1 rings (SSSR count). The second-order valence-corrected chi connectivity index (χ2v) is 2.06. The summed E-state index contributed by atoms with van der Waals surface area (Å²) in [5, 5.41) is 11.4. The van der Waals surface area contributed by atoms with Crippen molar-refractivity contribution in [3.8, 4) is 6.07 Å². The van der Waals surface area contributed by atoms with Gasteiger partial charge in [0, 0.05) is 19.1 Å². The van der Waals surface area contributed by atoms with Crippen molar-refractivity contribution in [1.82, 2.24) is 5.32 Å². The van der Waals surface area contributed by atoms with E-state index in [0.29, 0.717) is 0 Å². The molecule has 0 saturated carbocycles. The molecule has 0 aromatic rings. The highest BCUT2D eigenvalue weighted by atomic mass is 15.0. The summed E-state index contributed by atoms with van der Waals surface area (Å²) in [4.78, 5) is 0. The van der Waals surface area contributed by atoms with E-state index in [1.807, 2.05) is 0 Å². The molecule has 2 atom stereocenters. The van der Waals surface area contributed by atoms with Crippen LogP contribution in [0.4, 0.5) is 0 Å². The minimum atomic E-state index is 0.0370. The molecule has 0 bridgehead atoms. The van der Waals surface area contributed by atoms with E-state index in [1.54, 1.807) is 0 Å². The first-order valence-electron chi connectivity index (χ1n) is 2.70. The largest absolute Gasteiger partial charge is 0.325 e. The summed E-state index contributed by atoms with van der Waals surface area (Å²) in [6.07, 6.45) is 0. The second kappa shape index (κ2) is 2.12. The van der Waals surface area contributed by atoms with E-state index < -0.39 is 0 Å². The minimum absolute atomic E-state index is 0.0370. The van der Waals surface area contributed by atoms with Crippen LogP contribution in [0.25, 0.3) is 0 Å². The summed E-state index contributed by atoms with van der Waals surface area (Å²) >= 11 is 0. The van der Waals surface area contributed by atoms with Crippen molar-refractivity contribution >= 4 is 0 Å². The van der Waals surface area contributed by atoms with Gasteiger partial charge in [0.25, 0.3) is 0 Å². The van der Waals surface area contributed by atoms with E-state index >= 15 is 0 Å². The third-order valence-electron chi connectivity index (χ3n) is 1.43. The lowest BCUT2D eigenvalue weighted by atomic mass is 10.1. The number of nitrogens with two attached hydrogens (primary N) is 1. The van der Waals surface area contributed by atoms with Crippen LogP contribution in [-0.2, 0) is 0 Å². The van der Waals surface area contributed by atoms with E-state index in [-0.39, 0.29) is 12.0 Å². The molecule has 0 aliphatic carbocycles. The second-order valence-electron chi connectivity index (χ2n) is 2.06. The molecule has 1 aliphatic heterocycles. The highest BCUT2D eigenvalue weighted by molar-refractivity contribution is 4.97. The summed E-state index contributed by atoms with van der Waals surface area (Å²) in [6, 6.07) is 2.18. The Kier molecular flexibility index (Phi) is 1.47. The van der Waals surface area contributed by atoms with Crippen LogP contribution >= 0.6 is 0 Å². The summed E-state index contributed by atoms with van der Waals surface area (Å²) in [5.41, 5.74) is 5.50. The Bertz CT molecular complexity index is 115. The number of hydrogen-bond donors (Lipinski definition) is 2. The molecule has 3 nitrogen and oxygen atoms in total. The van der Waals surface area contributed by atoms with Crippen molar-refractivity contribution in [2.75, 3.05) is 13.1 Å². The van der Waals surface area contributed by atoms with Crippen molar-refractivity contribution in [3.05, 3.63) is 0 Å². The molecule has 0 unspecified atom stereocenters. The predicted molar refractivity (Wildman–Crippen MR) is 29.9 cm³/mol. The van der Waals surface area contributed by atoms with Crippen molar-refractivity contribution in [1.29, 1.82) is 5.26 Å². The molecular formula is C5H9N3. The average molecular weight is 111 g/mol. The quantitative estimate of drug-likeness (QED) is 0.424. The van der Waals surface area contributed by atoms with Gasteiger partial charge in [0.15, 0.2) is 0 Å². The summed E-state index contributed by atoms with van der Waals surface area (Å²) in [5.74, 6) is 0.0370. The molecule has 8 heavy (non-hydrogen) atoms. The zero-order chi connectivity index (χ0) is 5.98. The highest BCUT2D eigenvalue weighted by Gasteiger charge is 2.22. The fourth-order valence-corrected chi connectivity index (χ4v) is 0.841. The highest BCUT2D eigenvalue weighted by Crippen LogP contribution is 2.02. The Morgan fingerprint density at radius 3 is 2.62 bits per heavy atom. The van der Waals surface area contributed by atoms with Crippen LogP contribution < -0.4 is 11.1 Å². The van der Waals surface area contributed by atoms with Crippen LogP contribution in [0, 0.1) is 17.2 Å². The van der Waals surface area contributed by atoms with E-state index in [2.05, 4.69) is 11.4 Å². The third kappa shape index (κ3) is 0.808. The molecule has 0 radical (unpaired) electrons. The Morgan fingerprint density at radius 1 is 1.62 bits per heavy atom. The van der Waals surface area contributed by atoms with E-state index in [9.17, 15) is 0 Å². The van der Waals surface area contributed by atoms with Gasteiger partial charge in [-0.1, -0.05) is 0 Å². The number of nitrogens with zero attached hydrogens (tertiary/aromatic N) is 1. The molecule has 1 aliphatic rings. The summed E-state index contributed by atoms with van der Waals surface area (Å²) < 4.78 is 0. The topological polar surface area (TPSA) is 61.8 Å². The molecule has 0 aromatic heterocycles. The minimum Gasteiger partial charge on any atom is -0.325 e. The van der Waals surface area contributed by atoms with Gasteiger partial charge in [0.2, 0.25) is 0 Å². The molecule has 1 fully saturated rings. The Labute approximate surface area is 48.5 Å². The lowest BCUT2D eigenvalue weighted by Crippen LogP contribution is -2.27. The standard InChI is InChI=1S/C5H9N3/c6-1-4-2-8-3-5(4)7/h4-5,8H,2-3,7H2/t4-,5+/m0/s1. The lowest BCUT2D eigenvalue weighted by molar-refractivity contribution is 0.635. The first-order valence-corrected chi connectivity index (χ1v) is 2.70. The smallest absolute Gasteiger partial charge is 0.0751 e. The molecule has 1 heterocycles. The average Bonchev–Trinajstić information content (AvgIpc) is 2.14. The van der Waals surface area contributed by atoms with Gasteiger partial charge in [-0.15, -0.1) is 0 Å². The van der Waals surface area contributed by atoms with Gasteiger partial charge in [0.05, 0.1) is 12.0 Å². The summed E-state index contributed by atoms with van der Waals surface area (Å²) in [7, 11) is 0.